The van der Waals surface area contributed by atoms with Crippen molar-refractivity contribution in [2.45, 2.75) is 51.2 Å². The van der Waals surface area contributed by atoms with E-state index in [2.05, 4.69) is 31.3 Å². The minimum absolute atomic E-state index is 0.0360. The maximum Gasteiger partial charge on any atom is 0.416 e. The molecule has 152 valence electrons. The molecule has 3 rings (SSSR count). The first-order chi connectivity index (χ1) is 13.3. The van der Waals surface area contributed by atoms with E-state index in [0.29, 0.717) is 12.5 Å². The van der Waals surface area contributed by atoms with Crippen LogP contribution in [0.5, 0.6) is 0 Å². The van der Waals surface area contributed by atoms with Crippen molar-refractivity contribution in [1.29, 1.82) is 0 Å². The van der Waals surface area contributed by atoms with Gasteiger partial charge in [-0.1, -0.05) is 50.6 Å². The second-order valence-electron chi connectivity index (χ2n) is 8.04. The quantitative estimate of drug-likeness (QED) is 0.602. The Kier molecular flexibility index (Phi) is 6.33. The molecule has 0 aliphatic carbocycles. The lowest BCUT2D eigenvalue weighted by Crippen LogP contribution is -2.31. The Morgan fingerprint density at radius 1 is 1.07 bits per heavy atom. The molecule has 0 aromatic heterocycles. The van der Waals surface area contributed by atoms with E-state index in [1.807, 2.05) is 18.2 Å². The molecule has 0 amide bonds. The normalized spacial score (nSPS) is 23.0. The lowest BCUT2D eigenvalue weighted by atomic mass is 9.73. The number of hydrogen-bond donors (Lipinski definition) is 2. The van der Waals surface area contributed by atoms with Crippen LogP contribution >= 0.6 is 0 Å². The lowest BCUT2D eigenvalue weighted by Gasteiger charge is -2.40. The lowest BCUT2D eigenvalue weighted by molar-refractivity contribution is -0.137. The molecule has 5 heteroatoms. The highest BCUT2D eigenvalue weighted by Gasteiger charge is 2.37. The average Bonchev–Trinajstić information content (AvgIpc) is 2.67. The molecule has 0 radical (unpaired) electrons. The van der Waals surface area contributed by atoms with E-state index in [0.717, 1.165) is 30.5 Å². The van der Waals surface area contributed by atoms with Crippen molar-refractivity contribution in [2.24, 2.45) is 17.6 Å². The number of nitrogens with one attached hydrogen (secondary N) is 1. The smallest absolute Gasteiger partial charge is 0.378 e. The van der Waals surface area contributed by atoms with Crippen LogP contribution in [0.25, 0.3) is 0 Å². The third-order valence-electron chi connectivity index (χ3n) is 6.06. The minimum atomic E-state index is -4.32. The Balaban J connectivity index is 1.94. The molecule has 3 N–H and O–H groups in total. The molecule has 1 aliphatic heterocycles. The van der Waals surface area contributed by atoms with Gasteiger partial charge in [-0.3, -0.25) is 0 Å². The molecule has 0 spiro atoms. The van der Waals surface area contributed by atoms with Crippen LogP contribution in [-0.4, -0.2) is 6.54 Å². The van der Waals surface area contributed by atoms with Crippen LogP contribution in [0.1, 0.15) is 61.8 Å². The van der Waals surface area contributed by atoms with Crippen LogP contribution in [0, 0.1) is 11.8 Å². The van der Waals surface area contributed by atoms with Gasteiger partial charge >= 0.3 is 6.18 Å². The Morgan fingerprint density at radius 2 is 1.79 bits per heavy atom. The Labute approximate surface area is 165 Å². The van der Waals surface area contributed by atoms with Crippen LogP contribution in [0.3, 0.4) is 0 Å². The molecular weight excluding hydrogens is 361 g/mol. The van der Waals surface area contributed by atoms with E-state index in [9.17, 15) is 13.2 Å². The van der Waals surface area contributed by atoms with Gasteiger partial charge in [-0.05, 0) is 66.5 Å². The van der Waals surface area contributed by atoms with E-state index in [4.69, 9.17) is 5.73 Å². The van der Waals surface area contributed by atoms with E-state index >= 15 is 0 Å². The maximum absolute atomic E-state index is 13.2. The highest BCUT2D eigenvalue weighted by molar-refractivity contribution is 5.59. The Hall–Kier alpha value is -2.01. The zero-order valence-electron chi connectivity index (χ0n) is 16.5. The summed E-state index contributed by atoms with van der Waals surface area (Å²) in [4.78, 5) is 0. The number of fused-ring (bicyclic) bond motifs is 1. The van der Waals surface area contributed by atoms with E-state index in [-0.39, 0.29) is 17.9 Å². The summed E-state index contributed by atoms with van der Waals surface area (Å²) in [5, 5.41) is 3.54. The van der Waals surface area contributed by atoms with Crippen LogP contribution in [-0.2, 0) is 6.18 Å². The number of alkyl halides is 3. The van der Waals surface area contributed by atoms with Crippen molar-refractivity contribution in [3.05, 3.63) is 65.2 Å². The van der Waals surface area contributed by atoms with Gasteiger partial charge in [-0.25, -0.2) is 0 Å². The number of benzene rings is 2. The summed E-state index contributed by atoms with van der Waals surface area (Å²) in [5.41, 5.74) is 7.86. The van der Waals surface area contributed by atoms with Crippen molar-refractivity contribution in [1.82, 2.24) is 0 Å². The van der Waals surface area contributed by atoms with Gasteiger partial charge in [0.25, 0.3) is 0 Å². The fourth-order valence-electron chi connectivity index (χ4n) is 4.35. The summed E-state index contributed by atoms with van der Waals surface area (Å²) in [6.07, 6.45) is -1.38. The number of rotatable bonds is 6. The second kappa shape index (κ2) is 8.56. The number of halogens is 3. The third kappa shape index (κ3) is 4.52. The topological polar surface area (TPSA) is 38.0 Å². The number of hydrogen-bond acceptors (Lipinski definition) is 2. The number of nitrogens with two attached hydrogens (primary N) is 1. The largest absolute Gasteiger partial charge is 0.416 e. The van der Waals surface area contributed by atoms with Gasteiger partial charge in [0.15, 0.2) is 0 Å². The molecule has 2 aromatic rings. The molecule has 1 aliphatic rings. The molecule has 0 saturated carbocycles. The molecular formula is C23H29F3N2. The standard InChI is InChI=1S/C23H29F3N2/c1-15(12-13-27)8-10-19-16(2)20-14-18(23(24,25)26)9-11-21(20)28-22(19)17-6-4-3-5-7-17/h3-7,9,11,14-16,19,22,28H,8,10,12-13,27H2,1-2H3/t15-,16?,19?,22+/m1/s1. The summed E-state index contributed by atoms with van der Waals surface area (Å²) in [6, 6.07) is 14.4. The molecule has 0 saturated heterocycles. The highest BCUT2D eigenvalue weighted by Crippen LogP contribution is 2.48. The summed E-state index contributed by atoms with van der Waals surface area (Å²) < 4.78 is 39.7. The van der Waals surface area contributed by atoms with Crippen molar-refractivity contribution in [3.8, 4) is 0 Å². The summed E-state index contributed by atoms with van der Waals surface area (Å²) >= 11 is 0. The van der Waals surface area contributed by atoms with Crippen molar-refractivity contribution in [2.75, 3.05) is 11.9 Å². The third-order valence-corrected chi connectivity index (χ3v) is 6.06. The monoisotopic (exact) mass is 390 g/mol. The number of anilines is 1. The first-order valence-electron chi connectivity index (χ1n) is 10.0. The second-order valence-corrected chi connectivity index (χ2v) is 8.04. The zero-order valence-corrected chi connectivity index (χ0v) is 16.5. The minimum Gasteiger partial charge on any atom is -0.378 e. The molecule has 28 heavy (non-hydrogen) atoms. The molecule has 2 aromatic carbocycles. The van der Waals surface area contributed by atoms with E-state index in [1.165, 1.54) is 17.7 Å². The Morgan fingerprint density at radius 3 is 2.43 bits per heavy atom. The van der Waals surface area contributed by atoms with Crippen LogP contribution in [0.15, 0.2) is 48.5 Å². The summed E-state index contributed by atoms with van der Waals surface area (Å²) in [6.45, 7) is 4.93. The fourth-order valence-corrected chi connectivity index (χ4v) is 4.35. The van der Waals surface area contributed by atoms with Gasteiger partial charge in [-0.15, -0.1) is 0 Å². The first-order valence-corrected chi connectivity index (χ1v) is 10.0. The molecule has 1 heterocycles. The highest BCUT2D eigenvalue weighted by atomic mass is 19.4. The van der Waals surface area contributed by atoms with Gasteiger partial charge < -0.3 is 11.1 Å². The maximum atomic E-state index is 13.2. The Bertz CT molecular complexity index is 773. The first kappa shape index (κ1) is 20.7. The summed E-state index contributed by atoms with van der Waals surface area (Å²) in [7, 11) is 0. The van der Waals surface area contributed by atoms with Crippen LogP contribution in [0.4, 0.5) is 18.9 Å². The van der Waals surface area contributed by atoms with Gasteiger partial charge in [0.05, 0.1) is 11.6 Å². The van der Waals surface area contributed by atoms with Crippen LogP contribution < -0.4 is 11.1 Å². The zero-order chi connectivity index (χ0) is 20.3. The van der Waals surface area contributed by atoms with Crippen molar-refractivity contribution < 1.29 is 13.2 Å². The molecule has 4 atom stereocenters. The summed E-state index contributed by atoms with van der Waals surface area (Å²) in [5.74, 6) is 0.768. The van der Waals surface area contributed by atoms with Gasteiger partial charge in [0.1, 0.15) is 0 Å². The predicted molar refractivity (Wildman–Crippen MR) is 108 cm³/mol. The van der Waals surface area contributed by atoms with Crippen LogP contribution in [0.2, 0.25) is 0 Å². The van der Waals surface area contributed by atoms with Gasteiger partial charge in [0, 0.05) is 5.69 Å². The average molecular weight is 390 g/mol. The van der Waals surface area contributed by atoms with E-state index < -0.39 is 11.7 Å². The predicted octanol–water partition coefficient (Wildman–Crippen LogP) is 6.36. The van der Waals surface area contributed by atoms with E-state index in [1.54, 1.807) is 6.07 Å². The molecule has 2 unspecified atom stereocenters. The molecule has 2 nitrogen and oxygen atoms in total. The SMILES string of the molecule is CC1c2cc(C(F)(F)F)ccc2N[C@@H](c2ccccc2)C1CC[C@@H](C)CCN. The van der Waals surface area contributed by atoms with Gasteiger partial charge in [-0.2, -0.15) is 13.2 Å². The van der Waals surface area contributed by atoms with Gasteiger partial charge in [0.2, 0.25) is 0 Å². The molecule has 0 fully saturated rings. The van der Waals surface area contributed by atoms with Crippen molar-refractivity contribution in [3.63, 3.8) is 0 Å². The fraction of sp³-hybridized carbons (Fsp3) is 0.478. The molecule has 0 bridgehead atoms. The van der Waals surface area contributed by atoms with Crippen molar-refractivity contribution >= 4 is 5.69 Å².